The highest BCUT2D eigenvalue weighted by Crippen LogP contribution is 2.47. The van der Waals surface area contributed by atoms with E-state index in [1.165, 1.54) is 92.0 Å². The molecule has 0 fully saturated rings. The van der Waals surface area contributed by atoms with Gasteiger partial charge in [-0.3, -0.25) is 0 Å². The molecule has 324 valence electrons. The van der Waals surface area contributed by atoms with E-state index >= 15 is 0 Å². The molecule has 13 aromatic rings. The molecule has 0 saturated carbocycles. The van der Waals surface area contributed by atoms with Crippen LogP contribution in [0.1, 0.15) is 0 Å². The van der Waals surface area contributed by atoms with Crippen LogP contribution in [0, 0.1) is 0 Å². The van der Waals surface area contributed by atoms with E-state index in [2.05, 4.69) is 276 Å². The first-order chi connectivity index (χ1) is 34.2. The van der Waals surface area contributed by atoms with Crippen molar-refractivity contribution in [2.24, 2.45) is 0 Å². The maximum absolute atomic E-state index is 2.43. The summed E-state index contributed by atoms with van der Waals surface area (Å²) in [5.74, 6) is 0. The molecule has 13 rings (SSSR count). The van der Waals surface area contributed by atoms with Crippen LogP contribution in [0.25, 0.3) is 103 Å². The highest BCUT2D eigenvalue weighted by atomic mass is 32.1. The van der Waals surface area contributed by atoms with E-state index in [0.29, 0.717) is 0 Å². The molecule has 3 heteroatoms. The molecular weight excluding hydrogens is 853 g/mol. The standard InChI is InChI=1S/C66H44N2S/c1-3-18-46(19-4-1)52-22-7-8-23-54(52)55-24-9-10-25-56(55)57-26-11-14-30-61(57)67(51-41-36-47(37-42-51)53-29-17-33-65-66(53)59-28-13-16-32-64(59)69-65)50-39-34-45(35-40-50)48-38-43-63-60(44-48)58-27-12-15-31-62(58)68(63)49-20-5-2-6-21-49/h1-44H. The highest BCUT2D eigenvalue weighted by Gasteiger charge is 2.21. The van der Waals surface area contributed by atoms with Gasteiger partial charge in [0.2, 0.25) is 0 Å². The van der Waals surface area contributed by atoms with Crippen molar-refractivity contribution in [1.29, 1.82) is 0 Å². The first kappa shape index (κ1) is 40.5. The SMILES string of the molecule is c1ccc(-c2ccccc2-c2ccccc2-c2ccccc2N(c2ccc(-c3ccc4c(c3)c3ccccc3n4-c3ccccc3)cc2)c2ccc(-c3cccc4sc5ccccc5c34)cc2)cc1. The number of anilines is 3. The maximum atomic E-state index is 2.43. The van der Waals surface area contributed by atoms with Gasteiger partial charge in [-0.15, -0.1) is 11.3 Å². The Morgan fingerprint density at radius 1 is 0.290 bits per heavy atom. The van der Waals surface area contributed by atoms with Crippen LogP contribution >= 0.6 is 11.3 Å². The van der Waals surface area contributed by atoms with Crippen LogP contribution < -0.4 is 4.90 Å². The highest BCUT2D eigenvalue weighted by molar-refractivity contribution is 7.25. The van der Waals surface area contributed by atoms with E-state index in [-0.39, 0.29) is 0 Å². The summed E-state index contributed by atoms with van der Waals surface area (Å²) in [4.78, 5) is 2.43. The van der Waals surface area contributed by atoms with Crippen molar-refractivity contribution in [3.63, 3.8) is 0 Å². The monoisotopic (exact) mass is 896 g/mol. The molecule has 11 aromatic carbocycles. The summed E-state index contributed by atoms with van der Waals surface area (Å²) in [6.45, 7) is 0. The molecule has 0 aliphatic rings. The van der Waals surface area contributed by atoms with Gasteiger partial charge in [-0.25, -0.2) is 0 Å². The molecule has 0 saturated heterocycles. The zero-order chi connectivity index (χ0) is 45.7. The normalized spacial score (nSPS) is 11.5. The Morgan fingerprint density at radius 3 is 1.52 bits per heavy atom. The van der Waals surface area contributed by atoms with Crippen molar-refractivity contribution in [3.05, 3.63) is 267 Å². The number of para-hydroxylation sites is 3. The Morgan fingerprint density at radius 2 is 0.783 bits per heavy atom. The zero-order valence-corrected chi connectivity index (χ0v) is 38.5. The van der Waals surface area contributed by atoms with Crippen molar-refractivity contribution >= 4 is 70.4 Å². The molecule has 2 aromatic heterocycles. The van der Waals surface area contributed by atoms with E-state index in [9.17, 15) is 0 Å². The van der Waals surface area contributed by atoms with Crippen LogP contribution in [-0.2, 0) is 0 Å². The Labute approximate surface area is 405 Å². The maximum Gasteiger partial charge on any atom is 0.0541 e. The molecule has 0 atom stereocenters. The zero-order valence-electron chi connectivity index (χ0n) is 37.7. The minimum Gasteiger partial charge on any atom is -0.310 e. The quantitative estimate of drug-likeness (QED) is 0.140. The summed E-state index contributed by atoms with van der Waals surface area (Å²) in [7, 11) is 0. The lowest BCUT2D eigenvalue weighted by Gasteiger charge is -2.29. The topological polar surface area (TPSA) is 8.17 Å². The van der Waals surface area contributed by atoms with Crippen LogP contribution in [-0.4, -0.2) is 4.57 Å². The van der Waals surface area contributed by atoms with E-state index in [0.717, 1.165) is 28.3 Å². The fourth-order valence-corrected chi connectivity index (χ4v) is 11.6. The second-order valence-corrected chi connectivity index (χ2v) is 18.7. The number of benzene rings is 11. The predicted molar refractivity (Wildman–Crippen MR) is 296 cm³/mol. The molecule has 2 nitrogen and oxygen atoms in total. The van der Waals surface area contributed by atoms with Crippen molar-refractivity contribution < 1.29 is 0 Å². The molecular formula is C66H44N2S. The fourth-order valence-electron chi connectivity index (χ4n) is 10.5. The van der Waals surface area contributed by atoms with Gasteiger partial charge in [0.1, 0.15) is 0 Å². The molecule has 69 heavy (non-hydrogen) atoms. The first-order valence-electron chi connectivity index (χ1n) is 23.6. The Hall–Kier alpha value is -8.76. The number of hydrogen-bond donors (Lipinski definition) is 0. The lowest BCUT2D eigenvalue weighted by Crippen LogP contribution is -2.11. The van der Waals surface area contributed by atoms with Crippen molar-refractivity contribution in [3.8, 4) is 61.3 Å². The number of fused-ring (bicyclic) bond motifs is 6. The summed E-state index contributed by atoms with van der Waals surface area (Å²) in [5.41, 5.74) is 18.8. The van der Waals surface area contributed by atoms with E-state index in [1.807, 2.05) is 11.3 Å². The van der Waals surface area contributed by atoms with Gasteiger partial charge in [0.25, 0.3) is 0 Å². The minimum atomic E-state index is 1.08. The molecule has 0 N–H and O–H groups in total. The summed E-state index contributed by atoms with van der Waals surface area (Å²) in [5, 5.41) is 5.11. The number of thiophene rings is 1. The largest absolute Gasteiger partial charge is 0.310 e. The third-order valence-corrected chi connectivity index (χ3v) is 14.8. The van der Waals surface area contributed by atoms with Crippen LogP contribution in [0.3, 0.4) is 0 Å². The van der Waals surface area contributed by atoms with E-state index in [4.69, 9.17) is 0 Å². The summed E-state index contributed by atoms with van der Waals surface area (Å²) in [6, 6.07) is 97.3. The van der Waals surface area contributed by atoms with Crippen molar-refractivity contribution in [2.75, 3.05) is 4.90 Å². The molecule has 0 amide bonds. The lowest BCUT2D eigenvalue weighted by atomic mass is 9.88. The van der Waals surface area contributed by atoms with E-state index < -0.39 is 0 Å². The molecule has 2 heterocycles. The van der Waals surface area contributed by atoms with E-state index in [1.54, 1.807) is 0 Å². The number of aromatic nitrogens is 1. The Kier molecular flexibility index (Phi) is 10.1. The molecule has 0 radical (unpaired) electrons. The smallest absolute Gasteiger partial charge is 0.0541 e. The van der Waals surface area contributed by atoms with Crippen LogP contribution in [0.4, 0.5) is 17.1 Å². The molecule has 0 unspecified atom stereocenters. The number of rotatable bonds is 9. The third-order valence-electron chi connectivity index (χ3n) is 13.6. The second-order valence-electron chi connectivity index (χ2n) is 17.6. The first-order valence-corrected chi connectivity index (χ1v) is 24.4. The van der Waals surface area contributed by atoms with Gasteiger partial charge < -0.3 is 9.47 Å². The molecule has 0 spiro atoms. The average Bonchev–Trinajstić information content (AvgIpc) is 3.98. The van der Waals surface area contributed by atoms with Crippen molar-refractivity contribution in [1.82, 2.24) is 4.57 Å². The average molecular weight is 897 g/mol. The van der Waals surface area contributed by atoms with Crippen LogP contribution in [0.15, 0.2) is 267 Å². The second kappa shape index (κ2) is 17.2. The van der Waals surface area contributed by atoms with Gasteiger partial charge in [0.15, 0.2) is 0 Å². The predicted octanol–water partition coefficient (Wildman–Crippen LogP) is 19.0. The van der Waals surface area contributed by atoms with Gasteiger partial charge >= 0.3 is 0 Å². The van der Waals surface area contributed by atoms with Crippen LogP contribution in [0.2, 0.25) is 0 Å². The summed E-state index contributed by atoms with van der Waals surface area (Å²) < 4.78 is 5.00. The van der Waals surface area contributed by atoms with Gasteiger partial charge in [-0.05, 0) is 123 Å². The van der Waals surface area contributed by atoms with Gasteiger partial charge in [-0.2, -0.15) is 0 Å². The third kappa shape index (κ3) is 7.11. The van der Waals surface area contributed by atoms with Gasteiger partial charge in [-0.1, -0.05) is 194 Å². The van der Waals surface area contributed by atoms with Gasteiger partial charge in [0, 0.05) is 53.6 Å². The molecule has 0 aliphatic carbocycles. The van der Waals surface area contributed by atoms with Crippen molar-refractivity contribution in [2.45, 2.75) is 0 Å². The molecule has 0 aliphatic heterocycles. The fraction of sp³-hybridized carbons (Fsp3) is 0. The van der Waals surface area contributed by atoms with Crippen LogP contribution in [0.5, 0.6) is 0 Å². The lowest BCUT2D eigenvalue weighted by molar-refractivity contribution is 1.18. The number of nitrogens with zero attached hydrogens (tertiary/aromatic N) is 2. The summed E-state index contributed by atoms with van der Waals surface area (Å²) >= 11 is 1.86. The van der Waals surface area contributed by atoms with Gasteiger partial charge in [0.05, 0.1) is 16.7 Å². The number of hydrogen-bond acceptors (Lipinski definition) is 2. The Bertz CT molecular complexity index is 4000. The summed E-state index contributed by atoms with van der Waals surface area (Å²) in [6.07, 6.45) is 0. The Balaban J connectivity index is 0.952. The minimum absolute atomic E-state index is 1.08. The molecule has 0 bridgehead atoms.